The normalized spacial score (nSPS) is 13.2. The lowest BCUT2D eigenvalue weighted by molar-refractivity contribution is 0.228. The summed E-state index contributed by atoms with van der Waals surface area (Å²) in [6.07, 6.45) is 5.12. The van der Waals surface area contributed by atoms with E-state index in [0.717, 1.165) is 19.3 Å². The third kappa shape index (κ3) is 6.05. The SMILES string of the molecule is CCCCC=C(I)P(=O)(OCC)OCC. The van der Waals surface area contributed by atoms with Crippen molar-refractivity contribution in [3.63, 3.8) is 0 Å². The monoisotopic (exact) mass is 346 g/mol. The van der Waals surface area contributed by atoms with Gasteiger partial charge in [-0.3, -0.25) is 4.57 Å². The van der Waals surface area contributed by atoms with Gasteiger partial charge >= 0.3 is 7.60 Å². The Morgan fingerprint density at radius 1 is 1.27 bits per heavy atom. The van der Waals surface area contributed by atoms with Gasteiger partial charge in [-0.15, -0.1) is 0 Å². The van der Waals surface area contributed by atoms with Gasteiger partial charge < -0.3 is 9.05 Å². The van der Waals surface area contributed by atoms with Gasteiger partial charge in [0.1, 0.15) is 0 Å². The first-order valence-corrected chi connectivity index (χ1v) is 7.98. The van der Waals surface area contributed by atoms with Crippen molar-refractivity contribution >= 4 is 30.2 Å². The Kier molecular flexibility index (Phi) is 9.10. The van der Waals surface area contributed by atoms with E-state index in [0.29, 0.717) is 16.5 Å². The number of hydrogen-bond donors (Lipinski definition) is 0. The summed E-state index contributed by atoms with van der Waals surface area (Å²) >= 11 is 2.05. The maximum atomic E-state index is 12.2. The molecular formula is C10H20IO3P. The number of hydrogen-bond acceptors (Lipinski definition) is 3. The van der Waals surface area contributed by atoms with Crippen molar-refractivity contribution in [1.29, 1.82) is 0 Å². The van der Waals surface area contributed by atoms with Crippen LogP contribution in [0.25, 0.3) is 0 Å². The first-order chi connectivity index (χ1) is 7.10. The molecule has 5 heteroatoms. The molecule has 0 aliphatic rings. The van der Waals surface area contributed by atoms with Gasteiger partial charge in [-0.05, 0) is 42.9 Å². The summed E-state index contributed by atoms with van der Waals surface area (Å²) in [5, 5.41) is 0. The van der Waals surface area contributed by atoms with Crippen LogP contribution in [0.1, 0.15) is 40.0 Å². The molecule has 0 aromatic heterocycles. The second kappa shape index (κ2) is 8.74. The Morgan fingerprint density at radius 2 is 1.80 bits per heavy atom. The molecule has 0 aliphatic heterocycles. The number of rotatable bonds is 8. The highest BCUT2D eigenvalue weighted by atomic mass is 127. The number of halogens is 1. The molecule has 0 atom stereocenters. The standard InChI is InChI=1S/C10H20IO3P/c1-4-7-8-9-10(11)15(12,13-5-2)14-6-3/h9H,4-8H2,1-3H3. The first-order valence-electron chi connectivity index (χ1n) is 5.36. The molecule has 0 saturated heterocycles. The van der Waals surface area contributed by atoms with E-state index in [4.69, 9.17) is 9.05 Å². The predicted octanol–water partition coefficient (Wildman–Crippen LogP) is 4.72. The molecule has 3 nitrogen and oxygen atoms in total. The smallest absolute Gasteiger partial charge is 0.305 e. The lowest BCUT2D eigenvalue weighted by atomic mass is 10.2. The Balaban J connectivity index is 4.46. The molecule has 90 valence electrons. The molecule has 0 amide bonds. The summed E-state index contributed by atoms with van der Waals surface area (Å²) < 4.78 is 23.3. The quantitative estimate of drug-likeness (QED) is 0.362. The predicted molar refractivity (Wildman–Crippen MR) is 72.5 cm³/mol. The molecule has 0 aromatic carbocycles. The van der Waals surface area contributed by atoms with Gasteiger partial charge in [0, 0.05) is 0 Å². The molecule has 0 N–H and O–H groups in total. The van der Waals surface area contributed by atoms with Crippen LogP contribution in [0.15, 0.2) is 9.40 Å². The second-order valence-electron chi connectivity index (χ2n) is 3.00. The van der Waals surface area contributed by atoms with Gasteiger partial charge in [-0.2, -0.15) is 0 Å². The van der Waals surface area contributed by atoms with Crippen molar-refractivity contribution in [3.05, 3.63) is 9.40 Å². The Labute approximate surface area is 106 Å². The maximum Gasteiger partial charge on any atom is 0.367 e. The minimum absolute atomic E-state index is 0.408. The van der Waals surface area contributed by atoms with Crippen LogP contribution in [-0.4, -0.2) is 13.2 Å². The van der Waals surface area contributed by atoms with Crippen molar-refractivity contribution in [1.82, 2.24) is 0 Å². The average molecular weight is 346 g/mol. The molecule has 0 spiro atoms. The van der Waals surface area contributed by atoms with E-state index in [1.165, 1.54) is 0 Å². The zero-order valence-corrected chi connectivity index (χ0v) is 12.7. The fraction of sp³-hybridized carbons (Fsp3) is 0.800. The Morgan fingerprint density at radius 3 is 2.20 bits per heavy atom. The molecule has 15 heavy (non-hydrogen) atoms. The largest absolute Gasteiger partial charge is 0.367 e. The highest BCUT2D eigenvalue weighted by Gasteiger charge is 2.27. The van der Waals surface area contributed by atoms with E-state index in [9.17, 15) is 4.57 Å². The molecule has 0 radical (unpaired) electrons. The van der Waals surface area contributed by atoms with Crippen LogP contribution in [0.3, 0.4) is 0 Å². The molecule has 0 aromatic rings. The molecule has 0 saturated carbocycles. The van der Waals surface area contributed by atoms with Crippen molar-refractivity contribution < 1.29 is 13.6 Å². The van der Waals surface area contributed by atoms with Gasteiger partial charge in [0.2, 0.25) is 0 Å². The molecule has 0 bridgehead atoms. The van der Waals surface area contributed by atoms with Crippen LogP contribution >= 0.6 is 30.2 Å². The molecule has 0 aliphatic carbocycles. The lowest BCUT2D eigenvalue weighted by Crippen LogP contribution is -1.95. The average Bonchev–Trinajstić information content (AvgIpc) is 2.18. The minimum atomic E-state index is -3.00. The van der Waals surface area contributed by atoms with E-state index in [-0.39, 0.29) is 0 Å². The van der Waals surface area contributed by atoms with Crippen LogP contribution in [-0.2, 0) is 13.6 Å². The van der Waals surface area contributed by atoms with E-state index in [1.54, 1.807) is 0 Å². The molecule has 0 fully saturated rings. The summed E-state index contributed by atoms with van der Waals surface area (Å²) in [6.45, 7) is 6.59. The van der Waals surface area contributed by atoms with Gasteiger partial charge in [-0.1, -0.05) is 25.8 Å². The van der Waals surface area contributed by atoms with Crippen molar-refractivity contribution in [2.75, 3.05) is 13.2 Å². The molecule has 0 unspecified atom stereocenters. The summed E-state index contributed by atoms with van der Waals surface area (Å²) in [5.74, 6) is 0. The molecule has 0 rings (SSSR count). The van der Waals surface area contributed by atoms with Crippen LogP contribution in [0.5, 0.6) is 0 Å². The fourth-order valence-electron chi connectivity index (χ4n) is 1.04. The summed E-state index contributed by atoms with van der Waals surface area (Å²) in [6, 6.07) is 0. The third-order valence-corrected chi connectivity index (χ3v) is 5.85. The summed E-state index contributed by atoms with van der Waals surface area (Å²) in [5.41, 5.74) is 0. The lowest BCUT2D eigenvalue weighted by Gasteiger charge is -2.16. The van der Waals surface area contributed by atoms with Crippen molar-refractivity contribution in [2.24, 2.45) is 0 Å². The van der Waals surface area contributed by atoms with Gasteiger partial charge in [-0.25, -0.2) is 0 Å². The van der Waals surface area contributed by atoms with Gasteiger partial charge in [0.05, 0.1) is 16.5 Å². The Bertz CT molecular complexity index is 231. The Hall–Kier alpha value is 0.620. The van der Waals surface area contributed by atoms with Crippen LogP contribution in [0, 0.1) is 0 Å². The minimum Gasteiger partial charge on any atom is -0.305 e. The van der Waals surface area contributed by atoms with E-state index >= 15 is 0 Å². The van der Waals surface area contributed by atoms with Crippen LogP contribution in [0.2, 0.25) is 0 Å². The summed E-state index contributed by atoms with van der Waals surface area (Å²) in [4.78, 5) is 0. The van der Waals surface area contributed by atoms with Crippen LogP contribution in [0.4, 0.5) is 0 Å². The molecule has 0 heterocycles. The van der Waals surface area contributed by atoms with E-state index in [2.05, 4.69) is 29.5 Å². The number of unbranched alkanes of at least 4 members (excludes halogenated alkanes) is 2. The zero-order chi connectivity index (χ0) is 11.7. The van der Waals surface area contributed by atoms with Gasteiger partial charge in [0.25, 0.3) is 0 Å². The topological polar surface area (TPSA) is 35.5 Å². The van der Waals surface area contributed by atoms with Gasteiger partial charge in [0.15, 0.2) is 0 Å². The van der Waals surface area contributed by atoms with Crippen molar-refractivity contribution in [2.45, 2.75) is 40.0 Å². The highest BCUT2D eigenvalue weighted by Crippen LogP contribution is 2.59. The first kappa shape index (κ1) is 15.6. The maximum absolute atomic E-state index is 12.2. The number of allylic oxidation sites excluding steroid dienone is 1. The van der Waals surface area contributed by atoms with Crippen LogP contribution < -0.4 is 0 Å². The third-order valence-electron chi connectivity index (χ3n) is 1.73. The fourth-order valence-corrected chi connectivity index (χ4v) is 3.54. The van der Waals surface area contributed by atoms with Crippen molar-refractivity contribution in [3.8, 4) is 0 Å². The highest BCUT2D eigenvalue weighted by molar-refractivity contribution is 14.1. The summed E-state index contributed by atoms with van der Waals surface area (Å²) in [7, 11) is -3.00. The van der Waals surface area contributed by atoms with E-state index < -0.39 is 7.60 Å². The van der Waals surface area contributed by atoms with E-state index in [1.807, 2.05) is 19.9 Å². The second-order valence-corrected chi connectivity index (χ2v) is 7.01. The zero-order valence-electron chi connectivity index (χ0n) is 9.66. The molecular weight excluding hydrogens is 326 g/mol.